The van der Waals surface area contributed by atoms with Crippen LogP contribution in [-0.4, -0.2) is 31.4 Å². The van der Waals surface area contributed by atoms with Crippen LogP contribution in [0.15, 0.2) is 18.2 Å². The monoisotopic (exact) mass is 235 g/mol. The molecule has 0 radical (unpaired) electrons. The second-order valence-electron chi connectivity index (χ2n) is 5.55. The van der Waals surface area contributed by atoms with Crippen LogP contribution in [0.1, 0.15) is 26.3 Å². The number of hydrogen-bond donors (Lipinski definition) is 1. The van der Waals surface area contributed by atoms with E-state index in [1.807, 2.05) is 6.07 Å². The Morgan fingerprint density at radius 1 is 1.18 bits per heavy atom. The predicted molar refractivity (Wildman–Crippen MR) is 69.8 cm³/mol. The molecule has 0 unspecified atom stereocenters. The van der Waals surface area contributed by atoms with E-state index in [2.05, 4.69) is 31.7 Å². The minimum atomic E-state index is -0.0353. The first-order chi connectivity index (χ1) is 7.98. The van der Waals surface area contributed by atoms with Gasteiger partial charge in [0.05, 0.1) is 13.2 Å². The molecule has 1 fully saturated rings. The summed E-state index contributed by atoms with van der Waals surface area (Å²) in [4.78, 5) is 2.30. The van der Waals surface area contributed by atoms with Crippen molar-refractivity contribution in [2.75, 3.05) is 31.2 Å². The fourth-order valence-corrected chi connectivity index (χ4v) is 2.14. The third-order valence-electron chi connectivity index (χ3n) is 3.16. The van der Waals surface area contributed by atoms with Crippen LogP contribution in [0, 0.1) is 0 Å². The number of aromatic hydroxyl groups is 1. The highest BCUT2D eigenvalue weighted by atomic mass is 16.5. The van der Waals surface area contributed by atoms with Crippen LogP contribution >= 0.6 is 0 Å². The number of benzene rings is 1. The van der Waals surface area contributed by atoms with Crippen molar-refractivity contribution in [1.82, 2.24) is 0 Å². The number of ether oxygens (including phenoxy) is 1. The molecule has 94 valence electrons. The molecule has 0 bridgehead atoms. The Kier molecular flexibility index (Phi) is 3.29. The third-order valence-corrected chi connectivity index (χ3v) is 3.16. The average Bonchev–Trinajstić information content (AvgIpc) is 2.29. The molecule has 3 heteroatoms. The number of hydrogen-bond acceptors (Lipinski definition) is 3. The summed E-state index contributed by atoms with van der Waals surface area (Å²) in [7, 11) is 0. The van der Waals surface area contributed by atoms with Crippen molar-refractivity contribution in [3.8, 4) is 5.75 Å². The number of nitrogens with zero attached hydrogens (tertiary/aromatic N) is 1. The lowest BCUT2D eigenvalue weighted by Gasteiger charge is -2.30. The Bertz CT molecular complexity index is 390. The van der Waals surface area contributed by atoms with Crippen LogP contribution in [0.3, 0.4) is 0 Å². The van der Waals surface area contributed by atoms with Crippen molar-refractivity contribution in [3.05, 3.63) is 23.8 Å². The van der Waals surface area contributed by atoms with Gasteiger partial charge in [0.2, 0.25) is 0 Å². The molecule has 1 saturated heterocycles. The molecule has 0 aliphatic carbocycles. The van der Waals surface area contributed by atoms with E-state index < -0.39 is 0 Å². The zero-order valence-corrected chi connectivity index (χ0v) is 10.9. The van der Waals surface area contributed by atoms with Crippen molar-refractivity contribution in [3.63, 3.8) is 0 Å². The van der Waals surface area contributed by atoms with Gasteiger partial charge in [-0.3, -0.25) is 0 Å². The second kappa shape index (κ2) is 4.57. The molecule has 0 saturated carbocycles. The van der Waals surface area contributed by atoms with Gasteiger partial charge in [-0.15, -0.1) is 0 Å². The molecule has 0 amide bonds. The zero-order valence-electron chi connectivity index (χ0n) is 10.9. The van der Waals surface area contributed by atoms with Crippen molar-refractivity contribution < 1.29 is 9.84 Å². The van der Waals surface area contributed by atoms with Crippen molar-refractivity contribution in [2.45, 2.75) is 26.2 Å². The fourth-order valence-electron chi connectivity index (χ4n) is 2.14. The normalized spacial score (nSPS) is 17.2. The summed E-state index contributed by atoms with van der Waals surface area (Å²) in [6.45, 7) is 9.77. The van der Waals surface area contributed by atoms with Crippen LogP contribution in [0.2, 0.25) is 0 Å². The maximum atomic E-state index is 9.93. The Morgan fingerprint density at radius 3 is 2.41 bits per heavy atom. The number of morpholine rings is 1. The van der Waals surface area contributed by atoms with Gasteiger partial charge in [-0.1, -0.05) is 20.8 Å². The topological polar surface area (TPSA) is 32.7 Å². The van der Waals surface area contributed by atoms with Gasteiger partial charge in [0.1, 0.15) is 5.75 Å². The minimum absolute atomic E-state index is 0.0353. The van der Waals surface area contributed by atoms with Crippen LogP contribution in [0.4, 0.5) is 5.69 Å². The minimum Gasteiger partial charge on any atom is -0.508 e. The summed E-state index contributed by atoms with van der Waals surface area (Å²) >= 11 is 0. The summed E-state index contributed by atoms with van der Waals surface area (Å²) in [6, 6.07) is 5.88. The number of phenols is 1. The molecule has 1 N–H and O–H groups in total. The molecule has 0 atom stereocenters. The third kappa shape index (κ3) is 2.72. The Balaban J connectivity index is 2.30. The predicted octanol–water partition coefficient (Wildman–Crippen LogP) is 2.53. The van der Waals surface area contributed by atoms with Crippen molar-refractivity contribution in [1.29, 1.82) is 0 Å². The fraction of sp³-hybridized carbons (Fsp3) is 0.571. The first-order valence-corrected chi connectivity index (χ1v) is 6.15. The molecule has 17 heavy (non-hydrogen) atoms. The maximum Gasteiger partial charge on any atom is 0.119 e. The van der Waals surface area contributed by atoms with Gasteiger partial charge in [-0.25, -0.2) is 0 Å². The summed E-state index contributed by atoms with van der Waals surface area (Å²) in [5.74, 6) is 0.384. The first kappa shape index (κ1) is 12.2. The highest BCUT2D eigenvalue weighted by Gasteiger charge is 2.20. The lowest BCUT2D eigenvalue weighted by molar-refractivity contribution is 0.122. The first-order valence-electron chi connectivity index (χ1n) is 6.15. The molecule has 1 heterocycles. The van der Waals surface area contributed by atoms with E-state index in [1.54, 1.807) is 6.07 Å². The van der Waals surface area contributed by atoms with Crippen LogP contribution < -0.4 is 4.90 Å². The number of anilines is 1. The van der Waals surface area contributed by atoms with Crippen LogP contribution in [0.25, 0.3) is 0 Å². The van der Waals surface area contributed by atoms with Crippen molar-refractivity contribution >= 4 is 5.69 Å². The van der Waals surface area contributed by atoms with Gasteiger partial charge in [0.15, 0.2) is 0 Å². The Hall–Kier alpha value is -1.22. The van der Waals surface area contributed by atoms with E-state index in [9.17, 15) is 5.11 Å². The summed E-state index contributed by atoms with van der Waals surface area (Å²) in [5.41, 5.74) is 2.14. The van der Waals surface area contributed by atoms with Crippen LogP contribution in [0.5, 0.6) is 5.75 Å². The molecule has 1 aliphatic rings. The standard InChI is InChI=1S/C14H21NO2/c1-14(2,3)12-10-11(4-5-13(12)16)15-6-8-17-9-7-15/h4-5,10,16H,6-9H2,1-3H3. The van der Waals surface area contributed by atoms with E-state index in [0.717, 1.165) is 31.9 Å². The molecular formula is C14H21NO2. The van der Waals surface area contributed by atoms with Gasteiger partial charge in [0.25, 0.3) is 0 Å². The van der Waals surface area contributed by atoms with Gasteiger partial charge in [0, 0.05) is 24.3 Å². The molecular weight excluding hydrogens is 214 g/mol. The highest BCUT2D eigenvalue weighted by molar-refractivity contribution is 5.54. The lowest BCUT2D eigenvalue weighted by atomic mass is 9.86. The summed E-state index contributed by atoms with van der Waals surface area (Å²) in [5, 5.41) is 9.93. The van der Waals surface area contributed by atoms with E-state index in [0.29, 0.717) is 5.75 Å². The summed E-state index contributed by atoms with van der Waals surface area (Å²) in [6.07, 6.45) is 0. The zero-order chi connectivity index (χ0) is 12.5. The van der Waals surface area contributed by atoms with Crippen molar-refractivity contribution in [2.24, 2.45) is 0 Å². The average molecular weight is 235 g/mol. The summed E-state index contributed by atoms with van der Waals surface area (Å²) < 4.78 is 5.35. The number of phenolic OH excluding ortho intramolecular Hbond substituents is 1. The molecule has 0 aromatic heterocycles. The smallest absolute Gasteiger partial charge is 0.119 e. The largest absolute Gasteiger partial charge is 0.508 e. The number of rotatable bonds is 1. The van der Waals surface area contributed by atoms with Gasteiger partial charge >= 0.3 is 0 Å². The Labute approximate surface area is 103 Å². The van der Waals surface area contributed by atoms with Gasteiger partial charge < -0.3 is 14.7 Å². The molecule has 3 nitrogen and oxygen atoms in total. The van der Waals surface area contributed by atoms with E-state index in [1.165, 1.54) is 5.69 Å². The van der Waals surface area contributed by atoms with Gasteiger partial charge in [-0.2, -0.15) is 0 Å². The Morgan fingerprint density at radius 2 is 1.82 bits per heavy atom. The molecule has 1 aromatic carbocycles. The van der Waals surface area contributed by atoms with E-state index in [4.69, 9.17) is 4.74 Å². The molecule has 1 aromatic rings. The second-order valence-corrected chi connectivity index (χ2v) is 5.55. The van der Waals surface area contributed by atoms with E-state index >= 15 is 0 Å². The van der Waals surface area contributed by atoms with Gasteiger partial charge in [-0.05, 0) is 23.6 Å². The maximum absolute atomic E-state index is 9.93. The quantitative estimate of drug-likeness (QED) is 0.812. The molecule has 1 aliphatic heterocycles. The molecule has 0 spiro atoms. The highest BCUT2D eigenvalue weighted by Crippen LogP contribution is 2.33. The SMILES string of the molecule is CC(C)(C)c1cc(N2CCOCC2)ccc1O. The van der Waals surface area contributed by atoms with Crippen LogP contribution in [-0.2, 0) is 10.2 Å². The lowest BCUT2D eigenvalue weighted by Crippen LogP contribution is -2.36. The van der Waals surface area contributed by atoms with E-state index in [-0.39, 0.29) is 5.41 Å². The molecule has 2 rings (SSSR count).